The van der Waals surface area contributed by atoms with E-state index in [0.29, 0.717) is 37.3 Å². The van der Waals surface area contributed by atoms with Gasteiger partial charge < -0.3 is 4.90 Å². The molecule has 2 aromatic heterocycles. The van der Waals surface area contributed by atoms with Gasteiger partial charge in [-0.05, 0) is 24.1 Å². The Morgan fingerprint density at radius 3 is 2.77 bits per heavy atom. The lowest BCUT2D eigenvalue weighted by Gasteiger charge is -2.28. The third-order valence-corrected chi connectivity index (χ3v) is 4.74. The van der Waals surface area contributed by atoms with Crippen LogP contribution in [0.25, 0.3) is 11.3 Å². The monoisotopic (exact) mass is 350 g/mol. The summed E-state index contributed by atoms with van der Waals surface area (Å²) in [6.45, 7) is 3.48. The molecule has 1 amide bonds. The molecule has 0 N–H and O–H groups in total. The van der Waals surface area contributed by atoms with Gasteiger partial charge in [-0.3, -0.25) is 14.5 Å². The highest BCUT2D eigenvalue weighted by Crippen LogP contribution is 2.26. The van der Waals surface area contributed by atoms with Crippen LogP contribution in [-0.2, 0) is 24.3 Å². The molecule has 0 unspecified atom stereocenters. The molecule has 5 nitrogen and oxygen atoms in total. The summed E-state index contributed by atoms with van der Waals surface area (Å²) < 4.78 is 15.4. The highest BCUT2D eigenvalue weighted by molar-refractivity contribution is 5.79. The van der Waals surface area contributed by atoms with Crippen molar-refractivity contribution in [2.75, 3.05) is 6.54 Å². The number of halogens is 1. The summed E-state index contributed by atoms with van der Waals surface area (Å²) in [6.07, 6.45) is 3.37. The fourth-order valence-electron chi connectivity index (χ4n) is 3.24. The second-order valence-corrected chi connectivity index (χ2v) is 6.52. The van der Waals surface area contributed by atoms with Crippen LogP contribution in [0.3, 0.4) is 0 Å². The van der Waals surface area contributed by atoms with Crippen LogP contribution in [-0.4, -0.2) is 32.1 Å². The Morgan fingerprint density at radius 1 is 1.19 bits per heavy atom. The number of carbonyl (C=O) groups is 1. The number of aryl methyl sites for hydroxylation is 1. The number of rotatable bonds is 3. The SMILES string of the molecule is Cc1cc(-c2cnn3c2CN(C(=O)Cc2ccccc2)CC3)ncc1F. The number of amides is 1. The fraction of sp³-hybridized carbons (Fsp3) is 0.250. The van der Waals surface area contributed by atoms with Crippen LogP contribution in [0.2, 0.25) is 0 Å². The molecule has 0 fully saturated rings. The highest BCUT2D eigenvalue weighted by Gasteiger charge is 2.25. The smallest absolute Gasteiger partial charge is 0.227 e. The molecular weight excluding hydrogens is 331 g/mol. The molecule has 0 bridgehead atoms. The third-order valence-electron chi connectivity index (χ3n) is 4.74. The van der Waals surface area contributed by atoms with Gasteiger partial charge in [0.1, 0.15) is 5.82 Å². The molecule has 1 aliphatic heterocycles. The van der Waals surface area contributed by atoms with Crippen molar-refractivity contribution in [2.24, 2.45) is 0 Å². The minimum absolute atomic E-state index is 0.0952. The Bertz CT molecular complexity index is 952. The molecule has 0 radical (unpaired) electrons. The molecule has 26 heavy (non-hydrogen) atoms. The number of hydrogen-bond donors (Lipinski definition) is 0. The number of hydrogen-bond acceptors (Lipinski definition) is 3. The number of nitrogens with zero attached hydrogens (tertiary/aromatic N) is 4. The standard InChI is InChI=1S/C20H19FN4O/c1-14-9-18(22-12-17(14)21)16-11-23-25-8-7-24(13-19(16)25)20(26)10-15-5-3-2-4-6-15/h2-6,9,11-12H,7-8,10,13H2,1H3. The van der Waals surface area contributed by atoms with Crippen LogP contribution in [0, 0.1) is 12.7 Å². The van der Waals surface area contributed by atoms with E-state index in [1.807, 2.05) is 39.9 Å². The van der Waals surface area contributed by atoms with E-state index >= 15 is 0 Å². The molecule has 0 spiro atoms. The Kier molecular flexibility index (Phi) is 4.24. The summed E-state index contributed by atoms with van der Waals surface area (Å²) in [5.74, 6) is -0.229. The Labute approximate surface area is 151 Å². The molecular formula is C20H19FN4O. The minimum Gasteiger partial charge on any atom is -0.335 e. The van der Waals surface area contributed by atoms with Crippen molar-refractivity contribution in [2.45, 2.75) is 26.4 Å². The van der Waals surface area contributed by atoms with Gasteiger partial charge in [0.05, 0.1) is 43.3 Å². The average molecular weight is 350 g/mol. The van der Waals surface area contributed by atoms with Gasteiger partial charge in [-0.1, -0.05) is 30.3 Å². The first-order chi connectivity index (χ1) is 12.6. The zero-order chi connectivity index (χ0) is 18.1. The van der Waals surface area contributed by atoms with Crippen molar-refractivity contribution in [1.29, 1.82) is 0 Å². The normalized spacial score (nSPS) is 13.5. The molecule has 0 saturated heterocycles. The summed E-state index contributed by atoms with van der Waals surface area (Å²) in [4.78, 5) is 18.7. The van der Waals surface area contributed by atoms with Gasteiger partial charge in [-0.25, -0.2) is 4.39 Å². The van der Waals surface area contributed by atoms with Crippen molar-refractivity contribution in [3.05, 3.63) is 71.4 Å². The van der Waals surface area contributed by atoms with E-state index < -0.39 is 0 Å². The molecule has 1 aromatic carbocycles. The number of fused-ring (bicyclic) bond motifs is 1. The average Bonchev–Trinajstić information content (AvgIpc) is 3.08. The van der Waals surface area contributed by atoms with E-state index in [-0.39, 0.29) is 11.7 Å². The lowest BCUT2D eigenvalue weighted by molar-refractivity contribution is -0.131. The van der Waals surface area contributed by atoms with Gasteiger partial charge in [0, 0.05) is 12.1 Å². The summed E-state index contributed by atoms with van der Waals surface area (Å²) in [5.41, 5.74) is 4.03. The number of carbonyl (C=O) groups excluding carboxylic acids is 1. The van der Waals surface area contributed by atoms with E-state index in [9.17, 15) is 9.18 Å². The molecule has 132 valence electrons. The van der Waals surface area contributed by atoms with Crippen molar-refractivity contribution >= 4 is 5.91 Å². The van der Waals surface area contributed by atoms with Crippen LogP contribution < -0.4 is 0 Å². The maximum Gasteiger partial charge on any atom is 0.227 e. The van der Waals surface area contributed by atoms with E-state index in [4.69, 9.17) is 0 Å². The lowest BCUT2D eigenvalue weighted by Crippen LogP contribution is -2.39. The summed E-state index contributed by atoms with van der Waals surface area (Å²) in [5, 5.41) is 4.41. The summed E-state index contributed by atoms with van der Waals surface area (Å²) in [7, 11) is 0. The minimum atomic E-state index is -0.325. The van der Waals surface area contributed by atoms with Gasteiger partial charge >= 0.3 is 0 Å². The van der Waals surface area contributed by atoms with Crippen LogP contribution in [0.5, 0.6) is 0 Å². The molecule has 1 aliphatic rings. The van der Waals surface area contributed by atoms with Gasteiger partial charge in [0.2, 0.25) is 5.91 Å². The maximum absolute atomic E-state index is 13.5. The molecule has 6 heteroatoms. The van der Waals surface area contributed by atoms with Crippen molar-refractivity contribution in [1.82, 2.24) is 19.7 Å². The van der Waals surface area contributed by atoms with Crippen molar-refractivity contribution in [3.63, 3.8) is 0 Å². The Balaban J connectivity index is 1.57. The summed E-state index contributed by atoms with van der Waals surface area (Å²) >= 11 is 0. The van der Waals surface area contributed by atoms with Crippen molar-refractivity contribution in [3.8, 4) is 11.3 Å². The first-order valence-corrected chi connectivity index (χ1v) is 8.61. The zero-order valence-corrected chi connectivity index (χ0v) is 14.5. The van der Waals surface area contributed by atoms with Crippen LogP contribution in [0.4, 0.5) is 4.39 Å². The van der Waals surface area contributed by atoms with Crippen LogP contribution in [0.1, 0.15) is 16.8 Å². The zero-order valence-electron chi connectivity index (χ0n) is 14.5. The maximum atomic E-state index is 13.5. The second-order valence-electron chi connectivity index (χ2n) is 6.52. The molecule has 0 aliphatic carbocycles. The summed E-state index contributed by atoms with van der Waals surface area (Å²) in [6, 6.07) is 11.5. The van der Waals surface area contributed by atoms with Crippen molar-refractivity contribution < 1.29 is 9.18 Å². The quantitative estimate of drug-likeness (QED) is 0.730. The van der Waals surface area contributed by atoms with Gasteiger partial charge in [0.15, 0.2) is 0 Å². The van der Waals surface area contributed by atoms with Gasteiger partial charge in [-0.2, -0.15) is 5.10 Å². The number of pyridine rings is 1. The van der Waals surface area contributed by atoms with E-state index in [0.717, 1.165) is 16.8 Å². The first-order valence-electron chi connectivity index (χ1n) is 8.61. The predicted molar refractivity (Wildman–Crippen MR) is 95.7 cm³/mol. The molecule has 0 atom stereocenters. The Morgan fingerprint density at radius 2 is 2.00 bits per heavy atom. The van der Waals surface area contributed by atoms with Gasteiger partial charge in [0.25, 0.3) is 0 Å². The molecule has 4 rings (SSSR count). The first kappa shape index (κ1) is 16.4. The number of aromatic nitrogens is 3. The second kappa shape index (κ2) is 6.71. The lowest BCUT2D eigenvalue weighted by atomic mass is 10.1. The van der Waals surface area contributed by atoms with Gasteiger partial charge in [-0.15, -0.1) is 0 Å². The van der Waals surface area contributed by atoms with Crippen LogP contribution in [0.15, 0.2) is 48.8 Å². The molecule has 0 saturated carbocycles. The van der Waals surface area contributed by atoms with E-state index in [1.54, 1.807) is 19.2 Å². The Hall–Kier alpha value is -3.02. The largest absolute Gasteiger partial charge is 0.335 e. The fourth-order valence-corrected chi connectivity index (χ4v) is 3.24. The topological polar surface area (TPSA) is 51.0 Å². The highest BCUT2D eigenvalue weighted by atomic mass is 19.1. The number of benzene rings is 1. The predicted octanol–water partition coefficient (Wildman–Crippen LogP) is 2.98. The van der Waals surface area contributed by atoms with Crippen LogP contribution >= 0.6 is 0 Å². The van der Waals surface area contributed by atoms with E-state index in [2.05, 4.69) is 10.1 Å². The molecule has 3 aromatic rings. The van der Waals surface area contributed by atoms with E-state index in [1.165, 1.54) is 6.20 Å². The third kappa shape index (κ3) is 3.10. The molecule has 3 heterocycles.